The molecule has 2 bridgehead atoms. The predicted molar refractivity (Wildman–Crippen MR) is 71.2 cm³/mol. The van der Waals surface area contributed by atoms with Crippen molar-refractivity contribution < 1.29 is 12.4 Å². The Bertz CT molecular complexity index is 389. The Kier molecular flexibility index (Phi) is 4.91. The zero-order valence-electron chi connectivity index (χ0n) is 10.4. The van der Waals surface area contributed by atoms with Gasteiger partial charge in [0.15, 0.2) is 0 Å². The van der Waals surface area contributed by atoms with E-state index in [1.54, 1.807) is 0 Å². The fourth-order valence-corrected chi connectivity index (χ4v) is 3.28. The molecule has 18 heavy (non-hydrogen) atoms. The largest absolute Gasteiger partial charge is 1.00 e. The van der Waals surface area contributed by atoms with E-state index in [9.17, 15) is 0 Å². The summed E-state index contributed by atoms with van der Waals surface area (Å²) in [4.78, 5) is 2.57. The summed E-state index contributed by atoms with van der Waals surface area (Å²) in [6, 6.07) is 8.78. The van der Waals surface area contributed by atoms with E-state index in [0.717, 1.165) is 17.5 Å². The topological polar surface area (TPSA) is 15.3 Å². The number of fused-ring (bicyclic) bond motifs is 3. The van der Waals surface area contributed by atoms with Crippen molar-refractivity contribution in [2.75, 3.05) is 19.6 Å². The van der Waals surface area contributed by atoms with Crippen molar-refractivity contribution in [3.63, 3.8) is 0 Å². The van der Waals surface area contributed by atoms with E-state index in [1.165, 1.54) is 38.0 Å². The molecule has 100 valence electrons. The third-order valence-corrected chi connectivity index (χ3v) is 4.54. The van der Waals surface area contributed by atoms with Gasteiger partial charge in [-0.3, -0.25) is 0 Å². The number of nitrogens with zero attached hydrogens (tertiary/aromatic N) is 1. The monoisotopic (exact) mass is 285 g/mol. The van der Waals surface area contributed by atoms with Gasteiger partial charge in [0, 0.05) is 24.2 Å². The zero-order chi connectivity index (χ0) is 11.7. The van der Waals surface area contributed by atoms with Gasteiger partial charge in [-0.1, -0.05) is 29.8 Å². The number of benzene rings is 1. The van der Waals surface area contributed by atoms with Crippen LogP contribution in [-0.2, 0) is 6.54 Å². The number of hydrogen-bond donors (Lipinski definition) is 1. The first-order valence-corrected chi connectivity index (χ1v) is 6.90. The van der Waals surface area contributed by atoms with Crippen LogP contribution in [0.15, 0.2) is 24.3 Å². The van der Waals surface area contributed by atoms with Crippen LogP contribution in [-0.4, -0.2) is 30.6 Å². The van der Waals surface area contributed by atoms with Gasteiger partial charge in [0.25, 0.3) is 0 Å². The highest BCUT2D eigenvalue weighted by Gasteiger charge is 2.33. The predicted octanol–water partition coefficient (Wildman–Crippen LogP) is -0.472. The summed E-state index contributed by atoms with van der Waals surface area (Å²) in [7, 11) is 0. The molecule has 1 unspecified atom stereocenters. The molecule has 1 N–H and O–H groups in total. The Morgan fingerprint density at radius 1 is 1.22 bits per heavy atom. The van der Waals surface area contributed by atoms with Gasteiger partial charge in [-0.2, -0.15) is 0 Å². The fourth-order valence-electron chi connectivity index (χ4n) is 3.08. The molecule has 0 aromatic heterocycles. The van der Waals surface area contributed by atoms with E-state index in [1.807, 2.05) is 12.1 Å². The van der Waals surface area contributed by atoms with Crippen molar-refractivity contribution in [2.45, 2.75) is 25.4 Å². The molecule has 3 aliphatic heterocycles. The molecule has 0 amide bonds. The van der Waals surface area contributed by atoms with Crippen molar-refractivity contribution in [2.24, 2.45) is 5.92 Å². The summed E-state index contributed by atoms with van der Waals surface area (Å²) in [6.07, 6.45) is 2.72. The maximum atomic E-state index is 6.17. The molecular weight excluding hydrogens is 267 g/mol. The van der Waals surface area contributed by atoms with E-state index >= 15 is 0 Å². The van der Waals surface area contributed by atoms with Gasteiger partial charge in [0.05, 0.1) is 0 Å². The Balaban J connectivity index is 0.00000120. The first kappa shape index (κ1) is 14.1. The molecule has 3 saturated heterocycles. The smallest absolute Gasteiger partial charge is 0.0450 e. The molecule has 4 rings (SSSR count). The second-order valence-corrected chi connectivity index (χ2v) is 5.62. The van der Waals surface area contributed by atoms with Crippen LogP contribution in [0.2, 0.25) is 5.02 Å². The lowest BCUT2D eigenvalue weighted by molar-refractivity contribution is -0.00000341. The summed E-state index contributed by atoms with van der Waals surface area (Å²) in [6.45, 7) is 4.72. The first-order valence-electron chi connectivity index (χ1n) is 6.52. The Labute approximate surface area is 120 Å². The second-order valence-electron chi connectivity index (χ2n) is 5.22. The molecule has 0 aliphatic carbocycles. The summed E-state index contributed by atoms with van der Waals surface area (Å²) < 4.78 is 0. The van der Waals surface area contributed by atoms with Crippen molar-refractivity contribution in [1.82, 2.24) is 10.2 Å². The van der Waals surface area contributed by atoms with Gasteiger partial charge in [-0.15, -0.1) is 0 Å². The van der Waals surface area contributed by atoms with Crippen molar-refractivity contribution in [3.8, 4) is 0 Å². The van der Waals surface area contributed by atoms with Crippen molar-refractivity contribution in [1.29, 1.82) is 0 Å². The molecular formula is C14H19Cl2N2-. The number of rotatable bonds is 3. The lowest BCUT2D eigenvalue weighted by Gasteiger charge is -2.45. The van der Waals surface area contributed by atoms with Crippen LogP contribution in [0.25, 0.3) is 0 Å². The Morgan fingerprint density at radius 2 is 1.94 bits per heavy atom. The summed E-state index contributed by atoms with van der Waals surface area (Å²) in [5, 5.41) is 4.56. The SMILES string of the molecule is Clc1ccccc1CNC1CN2CCC1CC2.[Cl-]. The molecule has 0 spiro atoms. The molecule has 0 saturated carbocycles. The lowest BCUT2D eigenvalue weighted by atomic mass is 9.84. The summed E-state index contributed by atoms with van der Waals surface area (Å²) in [5.41, 5.74) is 1.21. The maximum absolute atomic E-state index is 6.17. The summed E-state index contributed by atoms with van der Waals surface area (Å²) in [5.74, 6) is 0.877. The van der Waals surface area contributed by atoms with E-state index in [0.29, 0.717) is 6.04 Å². The number of hydrogen-bond acceptors (Lipinski definition) is 2. The van der Waals surface area contributed by atoms with Gasteiger partial charge in [-0.25, -0.2) is 0 Å². The minimum atomic E-state index is 0. The minimum absolute atomic E-state index is 0. The lowest BCUT2D eigenvalue weighted by Crippen LogP contribution is -3.00. The summed E-state index contributed by atoms with van der Waals surface area (Å²) >= 11 is 6.17. The van der Waals surface area contributed by atoms with Gasteiger partial charge in [0.2, 0.25) is 0 Å². The molecule has 1 atom stereocenters. The highest BCUT2D eigenvalue weighted by molar-refractivity contribution is 6.31. The van der Waals surface area contributed by atoms with Gasteiger partial charge in [-0.05, 0) is 43.5 Å². The van der Waals surface area contributed by atoms with E-state index in [2.05, 4.69) is 22.3 Å². The molecule has 2 nitrogen and oxygen atoms in total. The molecule has 3 heterocycles. The van der Waals surface area contributed by atoms with Gasteiger partial charge >= 0.3 is 0 Å². The molecule has 1 aromatic rings. The number of halogens is 2. The first-order chi connectivity index (χ1) is 8.33. The average Bonchev–Trinajstić information content (AvgIpc) is 2.39. The maximum Gasteiger partial charge on any atom is 0.0450 e. The third kappa shape index (κ3) is 3.00. The van der Waals surface area contributed by atoms with E-state index < -0.39 is 0 Å². The molecule has 3 fully saturated rings. The highest BCUT2D eigenvalue weighted by atomic mass is 35.5. The van der Waals surface area contributed by atoms with Crippen LogP contribution >= 0.6 is 11.6 Å². The zero-order valence-corrected chi connectivity index (χ0v) is 11.9. The van der Waals surface area contributed by atoms with E-state index in [4.69, 9.17) is 11.6 Å². The Hall–Kier alpha value is -0.280. The van der Waals surface area contributed by atoms with Crippen LogP contribution in [0.3, 0.4) is 0 Å². The van der Waals surface area contributed by atoms with Gasteiger partial charge < -0.3 is 22.6 Å². The van der Waals surface area contributed by atoms with Crippen molar-refractivity contribution >= 4 is 11.6 Å². The van der Waals surface area contributed by atoms with Gasteiger partial charge in [0.1, 0.15) is 0 Å². The molecule has 0 radical (unpaired) electrons. The standard InChI is InChI=1S/C14H19ClN2.ClH/c15-13-4-2-1-3-12(13)9-16-14-10-17-7-5-11(14)6-8-17;/h1-4,11,14,16H,5-10H2;1H/p-1. The number of nitrogens with one attached hydrogen (secondary N) is 1. The Morgan fingerprint density at radius 3 is 2.56 bits per heavy atom. The minimum Gasteiger partial charge on any atom is -1.00 e. The fraction of sp³-hybridized carbons (Fsp3) is 0.571. The average molecular weight is 286 g/mol. The van der Waals surface area contributed by atoms with E-state index in [-0.39, 0.29) is 12.4 Å². The van der Waals surface area contributed by atoms with Crippen LogP contribution in [0.4, 0.5) is 0 Å². The highest BCUT2D eigenvalue weighted by Crippen LogP contribution is 2.27. The third-order valence-electron chi connectivity index (χ3n) is 4.17. The van der Waals surface area contributed by atoms with Crippen LogP contribution < -0.4 is 17.7 Å². The second kappa shape index (κ2) is 6.25. The van der Waals surface area contributed by atoms with Crippen LogP contribution in [0, 0.1) is 5.92 Å². The molecule has 1 aromatic carbocycles. The number of piperidine rings is 3. The molecule has 3 aliphatic rings. The normalized spacial score (nSPS) is 29.9. The van der Waals surface area contributed by atoms with Crippen molar-refractivity contribution in [3.05, 3.63) is 34.9 Å². The van der Waals surface area contributed by atoms with Crippen LogP contribution in [0.1, 0.15) is 18.4 Å². The van der Waals surface area contributed by atoms with Crippen LogP contribution in [0.5, 0.6) is 0 Å². The molecule has 4 heteroatoms. The quantitative estimate of drug-likeness (QED) is 0.808.